The van der Waals surface area contributed by atoms with Gasteiger partial charge in [-0.05, 0) is 44.2 Å². The van der Waals surface area contributed by atoms with Crippen LogP contribution < -0.4 is 10.1 Å². The molecule has 2 heterocycles. The molecular weight excluding hydrogens is 446 g/mol. The number of benzene rings is 2. The molecule has 2 amide bonds. The number of methoxy groups -OCH3 is 1. The number of piperazine rings is 1. The number of carbonyl (C=O) groups excluding carboxylic acids is 2. The summed E-state index contributed by atoms with van der Waals surface area (Å²) in [5.74, 6) is 1.60. The fourth-order valence-corrected chi connectivity index (χ4v) is 3.96. The Balaban J connectivity index is 1.14. The van der Waals surface area contributed by atoms with E-state index in [1.807, 2.05) is 31.2 Å². The summed E-state index contributed by atoms with van der Waals surface area (Å²) < 4.78 is 10.5. The molecule has 0 atom stereocenters. The van der Waals surface area contributed by atoms with Gasteiger partial charge in [0.1, 0.15) is 5.75 Å². The lowest BCUT2D eigenvalue weighted by Gasteiger charge is -2.34. The van der Waals surface area contributed by atoms with Crippen LogP contribution in [0.2, 0.25) is 0 Å². The number of hydrogen-bond donors (Lipinski definition) is 1. The minimum absolute atomic E-state index is 0.00859. The van der Waals surface area contributed by atoms with Crippen LogP contribution in [0.3, 0.4) is 0 Å². The second-order valence-electron chi connectivity index (χ2n) is 8.61. The zero-order valence-corrected chi connectivity index (χ0v) is 20.2. The highest BCUT2D eigenvalue weighted by atomic mass is 16.5. The summed E-state index contributed by atoms with van der Waals surface area (Å²) in [6, 6.07) is 14.8. The van der Waals surface area contributed by atoms with Crippen molar-refractivity contribution >= 4 is 11.8 Å². The van der Waals surface area contributed by atoms with Crippen molar-refractivity contribution in [3.05, 3.63) is 65.5 Å². The summed E-state index contributed by atoms with van der Waals surface area (Å²) in [5.41, 5.74) is 2.64. The Bertz CT molecular complexity index is 1120. The van der Waals surface area contributed by atoms with Gasteiger partial charge in [-0.2, -0.15) is 4.98 Å². The summed E-state index contributed by atoms with van der Waals surface area (Å²) in [7, 11) is 1.57. The number of nitrogens with zero attached hydrogens (tertiary/aromatic N) is 4. The molecule has 1 aliphatic rings. The Morgan fingerprint density at radius 1 is 1.03 bits per heavy atom. The first-order valence-electron chi connectivity index (χ1n) is 11.8. The zero-order chi connectivity index (χ0) is 24.6. The maximum atomic E-state index is 12.5. The minimum atomic E-state index is -0.272. The number of rotatable bonds is 9. The zero-order valence-electron chi connectivity index (χ0n) is 20.2. The first-order valence-corrected chi connectivity index (χ1v) is 11.8. The van der Waals surface area contributed by atoms with Crippen molar-refractivity contribution in [2.75, 3.05) is 46.4 Å². The fourth-order valence-electron chi connectivity index (χ4n) is 3.96. The van der Waals surface area contributed by atoms with Crippen LogP contribution in [0.4, 0.5) is 0 Å². The van der Waals surface area contributed by atoms with Gasteiger partial charge in [0, 0.05) is 43.7 Å². The van der Waals surface area contributed by atoms with E-state index in [2.05, 4.69) is 20.4 Å². The number of aromatic nitrogens is 2. The van der Waals surface area contributed by atoms with E-state index < -0.39 is 0 Å². The predicted molar refractivity (Wildman–Crippen MR) is 131 cm³/mol. The van der Waals surface area contributed by atoms with E-state index in [-0.39, 0.29) is 18.4 Å². The first kappa shape index (κ1) is 24.4. The van der Waals surface area contributed by atoms with Crippen LogP contribution in [0, 0.1) is 6.92 Å². The molecule has 0 radical (unpaired) electrons. The van der Waals surface area contributed by atoms with Crippen molar-refractivity contribution in [2.24, 2.45) is 0 Å². The highest BCUT2D eigenvalue weighted by Crippen LogP contribution is 2.17. The highest BCUT2D eigenvalue weighted by molar-refractivity contribution is 5.96. The molecule has 0 bridgehead atoms. The van der Waals surface area contributed by atoms with E-state index in [1.54, 1.807) is 36.3 Å². The number of hydrogen-bond acceptors (Lipinski definition) is 7. The molecule has 2 aromatic carbocycles. The molecule has 1 aromatic heterocycles. The van der Waals surface area contributed by atoms with Gasteiger partial charge in [0.25, 0.3) is 5.91 Å². The van der Waals surface area contributed by atoms with Crippen LogP contribution in [0.15, 0.2) is 53.1 Å². The molecule has 3 aromatic rings. The highest BCUT2D eigenvalue weighted by Gasteiger charge is 2.21. The topological polar surface area (TPSA) is 101 Å². The smallest absolute Gasteiger partial charge is 0.251 e. The second kappa shape index (κ2) is 11.6. The maximum Gasteiger partial charge on any atom is 0.251 e. The van der Waals surface area contributed by atoms with E-state index in [9.17, 15) is 9.59 Å². The van der Waals surface area contributed by atoms with E-state index in [0.29, 0.717) is 36.1 Å². The molecular formula is C26H31N5O4. The summed E-state index contributed by atoms with van der Waals surface area (Å²) in [5, 5.41) is 6.79. The Labute approximate surface area is 205 Å². The van der Waals surface area contributed by atoms with Crippen LogP contribution in [-0.2, 0) is 11.2 Å². The number of ether oxygens (including phenoxy) is 1. The molecule has 35 heavy (non-hydrogen) atoms. The minimum Gasteiger partial charge on any atom is -0.497 e. The number of amides is 2. The normalized spacial score (nSPS) is 14.1. The van der Waals surface area contributed by atoms with E-state index in [4.69, 9.17) is 9.26 Å². The molecule has 1 saturated heterocycles. The third kappa shape index (κ3) is 6.66. The monoisotopic (exact) mass is 477 g/mol. The van der Waals surface area contributed by atoms with Gasteiger partial charge in [0.05, 0.1) is 13.7 Å². The average Bonchev–Trinajstić information content (AvgIpc) is 3.37. The van der Waals surface area contributed by atoms with Crippen molar-refractivity contribution in [1.29, 1.82) is 0 Å². The van der Waals surface area contributed by atoms with Gasteiger partial charge in [-0.25, -0.2) is 0 Å². The summed E-state index contributed by atoms with van der Waals surface area (Å²) in [4.78, 5) is 33.4. The lowest BCUT2D eigenvalue weighted by molar-refractivity contribution is -0.131. The summed E-state index contributed by atoms with van der Waals surface area (Å²) >= 11 is 0. The third-order valence-electron chi connectivity index (χ3n) is 6.12. The standard InChI is InChI=1S/C26H31N5O4/c1-19-5-7-20(8-6-19)25-28-23(35-29-25)4-3-13-30-14-16-31(17-15-30)24(32)18-27-26(33)21-9-11-22(34-2)12-10-21/h5-12H,3-4,13-18H2,1-2H3,(H,27,33). The number of carbonyl (C=O) groups is 2. The van der Waals surface area contributed by atoms with Crippen molar-refractivity contribution < 1.29 is 18.8 Å². The van der Waals surface area contributed by atoms with Gasteiger partial charge in [-0.1, -0.05) is 35.0 Å². The molecule has 0 unspecified atom stereocenters. The van der Waals surface area contributed by atoms with Crippen LogP contribution in [0.1, 0.15) is 28.2 Å². The maximum absolute atomic E-state index is 12.5. The molecule has 0 aliphatic carbocycles. The van der Waals surface area contributed by atoms with Gasteiger partial charge in [-0.3, -0.25) is 14.5 Å². The molecule has 0 spiro atoms. The van der Waals surface area contributed by atoms with Crippen LogP contribution in [0.5, 0.6) is 5.75 Å². The van der Waals surface area contributed by atoms with Crippen molar-refractivity contribution in [3.63, 3.8) is 0 Å². The molecule has 9 nitrogen and oxygen atoms in total. The van der Waals surface area contributed by atoms with Gasteiger partial charge >= 0.3 is 0 Å². The van der Waals surface area contributed by atoms with E-state index in [1.165, 1.54) is 5.56 Å². The molecule has 4 rings (SSSR count). The van der Waals surface area contributed by atoms with Gasteiger partial charge in [-0.15, -0.1) is 0 Å². The van der Waals surface area contributed by atoms with Gasteiger partial charge in [0.15, 0.2) is 0 Å². The van der Waals surface area contributed by atoms with Crippen molar-refractivity contribution in [3.8, 4) is 17.1 Å². The summed E-state index contributed by atoms with van der Waals surface area (Å²) in [6.07, 6.45) is 1.62. The Hall–Kier alpha value is -3.72. The molecule has 1 aliphatic heterocycles. The average molecular weight is 478 g/mol. The SMILES string of the molecule is COc1ccc(C(=O)NCC(=O)N2CCN(CCCc3nc(-c4ccc(C)cc4)no3)CC2)cc1. The fraction of sp³-hybridized carbons (Fsp3) is 0.385. The summed E-state index contributed by atoms with van der Waals surface area (Å²) in [6.45, 7) is 5.84. The third-order valence-corrected chi connectivity index (χ3v) is 6.12. The predicted octanol–water partition coefficient (Wildman–Crippen LogP) is 2.56. The van der Waals surface area contributed by atoms with Crippen LogP contribution >= 0.6 is 0 Å². The number of aryl methyl sites for hydroxylation is 2. The largest absolute Gasteiger partial charge is 0.497 e. The van der Waals surface area contributed by atoms with Crippen molar-refractivity contribution in [2.45, 2.75) is 19.8 Å². The molecule has 1 N–H and O–H groups in total. The van der Waals surface area contributed by atoms with Crippen LogP contribution in [-0.4, -0.2) is 78.1 Å². The lowest BCUT2D eigenvalue weighted by atomic mass is 10.1. The Morgan fingerprint density at radius 2 is 1.74 bits per heavy atom. The Kier molecular flexibility index (Phi) is 8.10. The quantitative estimate of drug-likeness (QED) is 0.505. The molecule has 0 saturated carbocycles. The Morgan fingerprint density at radius 3 is 2.43 bits per heavy atom. The molecule has 9 heteroatoms. The van der Waals surface area contributed by atoms with Crippen molar-refractivity contribution in [1.82, 2.24) is 25.3 Å². The van der Waals surface area contributed by atoms with E-state index >= 15 is 0 Å². The molecule has 184 valence electrons. The second-order valence-corrected chi connectivity index (χ2v) is 8.61. The van der Waals surface area contributed by atoms with E-state index in [0.717, 1.165) is 38.0 Å². The van der Waals surface area contributed by atoms with Gasteiger partial charge in [0.2, 0.25) is 17.6 Å². The first-order chi connectivity index (χ1) is 17.0. The number of nitrogens with one attached hydrogen (secondary N) is 1. The lowest BCUT2D eigenvalue weighted by Crippen LogP contribution is -2.51. The van der Waals surface area contributed by atoms with Crippen LogP contribution in [0.25, 0.3) is 11.4 Å². The van der Waals surface area contributed by atoms with Gasteiger partial charge < -0.3 is 19.5 Å². The molecule has 1 fully saturated rings.